The van der Waals surface area contributed by atoms with Crippen LogP contribution in [0.5, 0.6) is 34.5 Å². The lowest BCUT2D eigenvalue weighted by atomic mass is 10.1. The maximum Gasteiger partial charge on any atom is 0.235 e. The van der Waals surface area contributed by atoms with Gasteiger partial charge in [0.15, 0.2) is 34.3 Å². The van der Waals surface area contributed by atoms with Crippen LogP contribution in [0.3, 0.4) is 0 Å². The summed E-state index contributed by atoms with van der Waals surface area (Å²) in [7, 11) is 0. The number of phenolic OH excluding ortho intramolecular Hbond substituents is 5. The number of benzene rings is 2. The highest BCUT2D eigenvalue weighted by molar-refractivity contribution is 5.88. The Morgan fingerprint density at radius 2 is 1.35 bits per heavy atom. The van der Waals surface area contributed by atoms with Crippen LogP contribution in [0.15, 0.2) is 33.5 Å². The third-order valence-electron chi connectivity index (χ3n) is 3.32. The monoisotopic (exact) mass is 318 g/mol. The molecule has 0 saturated carbocycles. The maximum atomic E-state index is 12.1. The average molecular weight is 318 g/mol. The summed E-state index contributed by atoms with van der Waals surface area (Å²) >= 11 is 0. The molecule has 0 fully saturated rings. The topological polar surface area (TPSA) is 152 Å². The normalized spacial score (nSPS) is 11.0. The zero-order valence-electron chi connectivity index (χ0n) is 11.3. The first kappa shape index (κ1) is 14.4. The summed E-state index contributed by atoms with van der Waals surface area (Å²) in [5, 5.41) is 57.4. The fourth-order valence-electron chi connectivity index (χ4n) is 2.15. The Morgan fingerprint density at radius 1 is 0.739 bits per heavy atom. The maximum absolute atomic E-state index is 12.1. The minimum absolute atomic E-state index is 0.128. The van der Waals surface area contributed by atoms with Crippen LogP contribution in [-0.4, -0.2) is 30.6 Å². The lowest BCUT2D eigenvalue weighted by Gasteiger charge is -2.09. The molecule has 0 saturated heterocycles. The smallest absolute Gasteiger partial charge is 0.235 e. The third kappa shape index (κ3) is 2.04. The highest BCUT2D eigenvalue weighted by Gasteiger charge is 2.21. The second-order valence-corrected chi connectivity index (χ2v) is 4.78. The predicted octanol–water partition coefficient (Wildman–Crippen LogP) is 1.69. The molecule has 0 aliphatic carbocycles. The van der Waals surface area contributed by atoms with Crippen molar-refractivity contribution < 1.29 is 35.1 Å². The van der Waals surface area contributed by atoms with E-state index in [-0.39, 0.29) is 16.5 Å². The second-order valence-electron chi connectivity index (χ2n) is 4.78. The first-order valence-electron chi connectivity index (χ1n) is 6.27. The van der Waals surface area contributed by atoms with Crippen LogP contribution in [0.25, 0.3) is 22.3 Å². The van der Waals surface area contributed by atoms with Gasteiger partial charge in [-0.2, -0.15) is 0 Å². The van der Waals surface area contributed by atoms with Crippen LogP contribution < -0.4 is 5.43 Å². The molecule has 0 atom stereocenters. The number of rotatable bonds is 1. The van der Waals surface area contributed by atoms with E-state index in [2.05, 4.69) is 0 Å². The van der Waals surface area contributed by atoms with Crippen LogP contribution >= 0.6 is 0 Å². The van der Waals surface area contributed by atoms with Crippen molar-refractivity contribution in [2.24, 2.45) is 0 Å². The van der Waals surface area contributed by atoms with E-state index >= 15 is 0 Å². The molecule has 6 N–H and O–H groups in total. The first-order chi connectivity index (χ1) is 10.8. The van der Waals surface area contributed by atoms with Gasteiger partial charge in [-0.1, -0.05) is 0 Å². The van der Waals surface area contributed by atoms with Gasteiger partial charge in [0, 0.05) is 5.56 Å². The van der Waals surface area contributed by atoms with Gasteiger partial charge < -0.3 is 35.1 Å². The van der Waals surface area contributed by atoms with Crippen molar-refractivity contribution in [3.63, 3.8) is 0 Å². The quantitative estimate of drug-likeness (QED) is 0.371. The van der Waals surface area contributed by atoms with Crippen molar-refractivity contribution in [2.45, 2.75) is 0 Å². The molecule has 0 unspecified atom stereocenters. The average Bonchev–Trinajstić information content (AvgIpc) is 2.51. The molecular weight excluding hydrogens is 308 g/mol. The molecular formula is C15H10O8. The van der Waals surface area contributed by atoms with Crippen LogP contribution in [0, 0.1) is 0 Å². The fraction of sp³-hybridized carbons (Fsp3) is 0. The molecule has 2 aromatic carbocycles. The lowest BCUT2D eigenvalue weighted by Crippen LogP contribution is -2.02. The molecule has 1 aromatic heterocycles. The zero-order valence-corrected chi connectivity index (χ0v) is 11.3. The van der Waals surface area contributed by atoms with E-state index < -0.39 is 45.7 Å². The van der Waals surface area contributed by atoms with E-state index in [0.29, 0.717) is 0 Å². The Hall–Kier alpha value is -3.55. The van der Waals surface area contributed by atoms with E-state index in [1.807, 2.05) is 0 Å². The molecule has 0 aliphatic heterocycles. The molecule has 8 heteroatoms. The molecule has 8 nitrogen and oxygen atoms in total. The largest absolute Gasteiger partial charge is 0.504 e. The molecule has 118 valence electrons. The SMILES string of the molecule is O=c1c(O)c(-c2cc(O)c(O)c(O)c2)oc2c(O)c(O)ccc12. The van der Waals surface area contributed by atoms with Gasteiger partial charge in [-0.15, -0.1) is 0 Å². The van der Waals surface area contributed by atoms with Crippen molar-refractivity contribution in [1.82, 2.24) is 0 Å². The Labute approximate surface area is 127 Å². The molecule has 0 bridgehead atoms. The molecule has 3 rings (SSSR count). The highest BCUT2D eigenvalue weighted by Crippen LogP contribution is 2.42. The Kier molecular flexibility index (Phi) is 2.96. The minimum atomic E-state index is -0.886. The van der Waals surface area contributed by atoms with Crippen molar-refractivity contribution >= 4 is 11.0 Å². The van der Waals surface area contributed by atoms with E-state index in [1.165, 1.54) is 0 Å². The molecule has 23 heavy (non-hydrogen) atoms. The van der Waals surface area contributed by atoms with E-state index in [0.717, 1.165) is 24.3 Å². The number of hydrogen-bond acceptors (Lipinski definition) is 8. The fourth-order valence-corrected chi connectivity index (χ4v) is 2.15. The zero-order chi connectivity index (χ0) is 16.9. The molecule has 0 spiro atoms. The van der Waals surface area contributed by atoms with Crippen molar-refractivity contribution in [1.29, 1.82) is 0 Å². The van der Waals surface area contributed by atoms with Gasteiger partial charge >= 0.3 is 0 Å². The first-order valence-corrected chi connectivity index (χ1v) is 6.27. The molecule has 0 aliphatic rings. The Balaban J connectivity index is 2.41. The summed E-state index contributed by atoms with van der Waals surface area (Å²) in [5.41, 5.74) is -1.39. The van der Waals surface area contributed by atoms with Gasteiger partial charge in [0.1, 0.15) is 0 Å². The third-order valence-corrected chi connectivity index (χ3v) is 3.32. The summed E-state index contributed by atoms with van der Waals surface area (Å²) in [4.78, 5) is 12.1. The molecule has 1 heterocycles. The lowest BCUT2D eigenvalue weighted by molar-refractivity contribution is 0.367. The summed E-state index contributed by atoms with van der Waals surface area (Å²) in [5.74, 6) is -4.72. The summed E-state index contributed by atoms with van der Waals surface area (Å²) < 4.78 is 5.26. The van der Waals surface area contributed by atoms with Crippen LogP contribution in [0.2, 0.25) is 0 Å². The molecule has 0 radical (unpaired) electrons. The number of hydrogen-bond donors (Lipinski definition) is 6. The van der Waals surface area contributed by atoms with E-state index in [9.17, 15) is 35.4 Å². The number of fused-ring (bicyclic) bond motifs is 1. The van der Waals surface area contributed by atoms with Crippen LogP contribution in [0.1, 0.15) is 0 Å². The molecule has 0 amide bonds. The van der Waals surface area contributed by atoms with Crippen molar-refractivity contribution in [3.05, 3.63) is 34.5 Å². The van der Waals surface area contributed by atoms with Gasteiger partial charge in [0.25, 0.3) is 0 Å². The Morgan fingerprint density at radius 3 is 1.96 bits per heavy atom. The number of aromatic hydroxyl groups is 6. The van der Waals surface area contributed by atoms with Crippen molar-refractivity contribution in [2.75, 3.05) is 0 Å². The summed E-state index contributed by atoms with van der Waals surface area (Å²) in [6.07, 6.45) is 0. The van der Waals surface area contributed by atoms with Crippen LogP contribution in [-0.2, 0) is 0 Å². The van der Waals surface area contributed by atoms with E-state index in [4.69, 9.17) is 4.42 Å². The summed E-state index contributed by atoms with van der Waals surface area (Å²) in [6.45, 7) is 0. The van der Waals surface area contributed by atoms with Gasteiger partial charge in [0.05, 0.1) is 5.39 Å². The second kappa shape index (κ2) is 4.73. The standard InChI is InChI=1S/C15H10O8/c16-7-2-1-6-10(19)13(22)14(23-15(6)12(7)21)5-3-8(17)11(20)9(18)4-5/h1-4,16-18,20-22H. The minimum Gasteiger partial charge on any atom is -0.504 e. The molecule has 3 aromatic rings. The van der Waals surface area contributed by atoms with Gasteiger partial charge in [-0.25, -0.2) is 0 Å². The summed E-state index contributed by atoms with van der Waals surface area (Å²) in [6, 6.07) is 4.11. The highest BCUT2D eigenvalue weighted by atomic mass is 16.4. The predicted molar refractivity (Wildman–Crippen MR) is 77.9 cm³/mol. The van der Waals surface area contributed by atoms with Gasteiger partial charge in [-0.3, -0.25) is 4.79 Å². The Bertz CT molecular complexity index is 980. The van der Waals surface area contributed by atoms with Gasteiger partial charge in [0.2, 0.25) is 16.9 Å². The number of phenols is 5. The van der Waals surface area contributed by atoms with Crippen molar-refractivity contribution in [3.8, 4) is 45.8 Å². The van der Waals surface area contributed by atoms with E-state index in [1.54, 1.807) is 0 Å². The van der Waals surface area contributed by atoms with Gasteiger partial charge in [-0.05, 0) is 24.3 Å². The van der Waals surface area contributed by atoms with Crippen LogP contribution in [0.4, 0.5) is 0 Å².